The predicted molar refractivity (Wildman–Crippen MR) is 467 cm³/mol. The number of rotatable bonds is 29. The van der Waals surface area contributed by atoms with Crippen molar-refractivity contribution in [3.63, 3.8) is 0 Å². The normalized spacial score (nSPS) is 24.3. The molecule has 31 nitrogen and oxygen atoms in total. The molecule has 2 aromatic rings. The van der Waals surface area contributed by atoms with Crippen LogP contribution in [0.4, 0.5) is 14.4 Å². The van der Waals surface area contributed by atoms with Crippen LogP contribution in [-0.2, 0) is 67.9 Å². The van der Waals surface area contributed by atoms with Gasteiger partial charge in [-0.25, -0.2) is 40.8 Å². The summed E-state index contributed by atoms with van der Waals surface area (Å²) in [7, 11) is -0.00886. The highest BCUT2D eigenvalue weighted by Gasteiger charge is 2.73. The molecule has 7 fully saturated rings. The van der Waals surface area contributed by atoms with Crippen molar-refractivity contribution in [2.45, 2.75) is 254 Å². The Labute approximate surface area is 727 Å². The topological polar surface area (TPSA) is 399 Å². The van der Waals surface area contributed by atoms with Gasteiger partial charge in [0.1, 0.15) is 44.7 Å². The van der Waals surface area contributed by atoms with E-state index in [0.717, 1.165) is 35.5 Å². The number of fused-ring (bicyclic) bond motifs is 3. The summed E-state index contributed by atoms with van der Waals surface area (Å²) < 4.78 is 65.3. The fourth-order valence-electron chi connectivity index (χ4n) is 17.3. The third-order valence-corrected chi connectivity index (χ3v) is 32.4. The molecule has 3 aliphatic heterocycles. The number of sulfonamides is 2. The highest BCUT2D eigenvalue weighted by atomic mass is 32.3. The van der Waals surface area contributed by atoms with E-state index in [0.29, 0.717) is 32.6 Å². The summed E-state index contributed by atoms with van der Waals surface area (Å²) in [6.45, 7) is 52.5. The number of hydrogen-bond acceptors (Lipinski definition) is 20. The molecule has 0 spiro atoms. The number of amides is 11. The summed E-state index contributed by atoms with van der Waals surface area (Å²) in [6, 6.07) is -2.42. The minimum Gasteiger partial charge on any atom is -0.467 e. The maximum atomic E-state index is 14.5. The lowest BCUT2D eigenvalue weighted by Crippen LogP contribution is -2.62. The van der Waals surface area contributed by atoms with Crippen LogP contribution in [0.2, 0.25) is 0 Å². The number of ketones is 1. The number of likely N-dealkylation sites (tertiary alicyclic amines) is 3. The molecule has 9 N–H and O–H groups in total. The fourth-order valence-corrected chi connectivity index (χ4v) is 22.1. The molecular formula is C86H142N14O17S4. The Morgan fingerprint density at radius 1 is 0.504 bits per heavy atom. The van der Waals surface area contributed by atoms with E-state index in [1.54, 1.807) is 38.8 Å². The van der Waals surface area contributed by atoms with Gasteiger partial charge < -0.3 is 72.0 Å². The molecule has 4 aliphatic carbocycles. The highest BCUT2D eigenvalue weighted by molar-refractivity contribution is 7.91. The standard InChI is InChI=1S/C36H56N6O7S2.C27H44N4O6S2.C23H42N4O4/c1-11-16-37-31(45)28(43)23(18-21-14-15-21)38-30(44)27-26-22(36(26,8)9)19-42(27)32(46)29(35(5,6)7)40-33(47)39-24(34(2,3)4)20-41(10)51(48,49)25-13-12-17-50-25;1-25(2,3)17(15-30(9)39(35,36)18-12-11-13-38-18)28-24(34)29-21(26(4,5)6)22(32)31-14-16-19(27(16,7)8)20(31)23(33)37-10;1-21(2,3)14(11-24-9)25-20(30)26-17(22(4,5)6)18(28)27-12-13-15(23(13,7)8)16(27)19(29)31-10/h11-13,17,21-24,26-27,29H,1,14-16,18-20H2,2-10H3,(H,37,45)(H,38,44)(H2,39,40,47);11-13,16-17,19-21H,14-15H2,1-10H3,(H2,28,29,34);13-17,24H,11-12H2,1-10H3,(H2,25,26,30)/t22-,23?,24+,26-,27-,29+;16-,17+,19-,20-,21+;13-,14+,15-,16-,17+/m000/s1. The Kier molecular flexibility index (Phi) is 31.2. The molecule has 7 aliphatic rings. The van der Waals surface area contributed by atoms with E-state index in [4.69, 9.17) is 9.47 Å². The van der Waals surface area contributed by atoms with Gasteiger partial charge in [-0.2, -0.15) is 8.61 Å². The van der Waals surface area contributed by atoms with Crippen LogP contribution < -0.4 is 47.9 Å². The first-order valence-corrected chi connectivity index (χ1v) is 46.6. The van der Waals surface area contributed by atoms with Crippen LogP contribution in [0, 0.1) is 90.2 Å². The summed E-state index contributed by atoms with van der Waals surface area (Å²) in [5.74, 6) is -3.12. The lowest BCUT2D eigenvalue weighted by molar-refractivity contribution is -0.154. The molecule has 121 heavy (non-hydrogen) atoms. The van der Waals surface area contributed by atoms with Gasteiger partial charge in [-0.15, -0.1) is 29.3 Å². The summed E-state index contributed by atoms with van der Waals surface area (Å²) in [4.78, 5) is 152. The van der Waals surface area contributed by atoms with Gasteiger partial charge in [-0.05, 0) is 115 Å². The number of thiophene rings is 2. The van der Waals surface area contributed by atoms with Crippen LogP contribution in [0.25, 0.3) is 0 Å². The number of piperidine rings is 3. The molecule has 16 atom stereocenters. The minimum absolute atomic E-state index is 0.00947. The number of esters is 2. The molecule has 1 unspecified atom stereocenters. The number of ether oxygens (including phenoxy) is 2. The maximum Gasteiger partial charge on any atom is 0.328 e. The lowest BCUT2D eigenvalue weighted by atomic mass is 9.85. The molecule has 0 aromatic carbocycles. The Balaban J connectivity index is 0.000000258. The van der Waals surface area contributed by atoms with E-state index in [-0.39, 0.29) is 121 Å². The second kappa shape index (κ2) is 37.5. The number of urea groups is 3. The average molecular weight is 1770 g/mol. The van der Waals surface area contributed by atoms with Crippen molar-refractivity contribution in [1.82, 2.24) is 71.2 Å². The quantitative estimate of drug-likeness (QED) is 0.0210. The molecule has 35 heteroatoms. The van der Waals surface area contributed by atoms with Crippen molar-refractivity contribution >= 4 is 108 Å². The van der Waals surface area contributed by atoms with Gasteiger partial charge >= 0.3 is 30.0 Å². The van der Waals surface area contributed by atoms with Crippen LogP contribution >= 0.6 is 22.7 Å². The zero-order valence-corrected chi connectivity index (χ0v) is 80.2. The number of methoxy groups -OCH3 is 2. The third-order valence-electron chi connectivity index (χ3n) is 26.0. The van der Waals surface area contributed by atoms with Crippen molar-refractivity contribution in [3.8, 4) is 0 Å². The van der Waals surface area contributed by atoms with Gasteiger partial charge in [-0.3, -0.25) is 28.8 Å². The molecule has 0 bridgehead atoms. The van der Waals surface area contributed by atoms with Gasteiger partial charge in [0.2, 0.25) is 29.4 Å². The Morgan fingerprint density at radius 2 is 0.826 bits per heavy atom. The molecule has 4 saturated carbocycles. The van der Waals surface area contributed by atoms with Crippen LogP contribution in [-0.4, -0.2) is 247 Å². The molecule has 5 heterocycles. The summed E-state index contributed by atoms with van der Waals surface area (Å²) in [5.41, 5.74) is -3.41. The Bertz CT molecular complexity index is 4340. The number of nitrogens with one attached hydrogen (secondary N) is 9. The zero-order chi connectivity index (χ0) is 91.9. The monoisotopic (exact) mass is 1770 g/mol. The Hall–Kier alpha value is -7.31. The zero-order valence-electron chi connectivity index (χ0n) is 76.9. The van der Waals surface area contributed by atoms with Crippen LogP contribution in [0.5, 0.6) is 0 Å². The Morgan fingerprint density at radius 3 is 1.11 bits per heavy atom. The van der Waals surface area contributed by atoms with Gasteiger partial charge in [0.05, 0.1) is 20.3 Å². The van der Waals surface area contributed by atoms with Crippen LogP contribution in [0.1, 0.15) is 185 Å². The number of carbonyl (C=O) groups excluding carboxylic acids is 11. The average Bonchev–Trinajstić information content (AvgIpc) is 1.55. The smallest absolute Gasteiger partial charge is 0.328 e. The van der Waals surface area contributed by atoms with Gasteiger partial charge in [-0.1, -0.05) is 197 Å². The van der Waals surface area contributed by atoms with Crippen molar-refractivity contribution < 1.29 is 79.0 Å². The minimum atomic E-state index is -3.78. The van der Waals surface area contributed by atoms with E-state index in [1.807, 2.05) is 111 Å². The second-order valence-corrected chi connectivity index (χ2v) is 48.8. The first-order chi connectivity index (χ1) is 55.3. The van der Waals surface area contributed by atoms with E-state index >= 15 is 0 Å². The molecule has 9 rings (SSSR count). The second-order valence-electron chi connectivity index (χ2n) is 42.3. The van der Waals surface area contributed by atoms with E-state index in [1.165, 1.54) is 54.0 Å². The van der Waals surface area contributed by atoms with Crippen molar-refractivity contribution in [2.24, 2.45) is 90.2 Å². The first kappa shape index (κ1) is 101. The first-order valence-electron chi connectivity index (χ1n) is 42.0. The molecule has 0 radical (unpaired) electrons. The van der Waals surface area contributed by atoms with E-state index in [9.17, 15) is 69.6 Å². The predicted octanol–water partition coefficient (Wildman–Crippen LogP) is 8.28. The van der Waals surface area contributed by atoms with Crippen LogP contribution in [0.15, 0.2) is 56.1 Å². The lowest BCUT2D eigenvalue weighted by Gasteiger charge is -2.39. The number of Topliss-reactive ketones (excluding diaryl/α,β-unsaturated/α-hetero) is 1. The number of carbonyl (C=O) groups is 11. The number of hydrogen-bond donors (Lipinski definition) is 9. The van der Waals surface area contributed by atoms with Crippen LogP contribution in [0.3, 0.4) is 0 Å². The highest BCUT2D eigenvalue weighted by Crippen LogP contribution is 2.67. The summed E-state index contributed by atoms with van der Waals surface area (Å²) in [6.07, 6.45) is 3.64. The largest absolute Gasteiger partial charge is 0.467 e. The SMILES string of the molecule is C=CCNC(=O)C(=O)C(CC1CC1)NC(=O)[C@@H]1[C@@H]2[C@H](CN1C(=O)[C@@H](NC(=O)N[C@H](CN(C)S(=O)(=O)c1cccs1)C(C)(C)C)C(C)(C)C)C2(C)C.CNC[C@@H](NC(=O)N[C@H](C(=O)N1C[C@H]2[C@@H]([C@H]1C(=O)OC)C2(C)C)C(C)(C)C)C(C)(C)C.COC(=O)[C@@H]1[C@@H]2[C@H](CN1C(=O)[C@@H](NC(=O)N[C@H](CN(C)S(=O)(=O)c1cccs1)C(C)(C)C)C(C)(C)C)C2(C)C. The molecule has 2 aromatic heterocycles. The number of likely N-dealkylation sites (N-methyl/N-ethyl adjacent to an activating group) is 3. The molecule has 682 valence electrons. The molecule has 3 saturated heterocycles. The van der Waals surface area contributed by atoms with E-state index < -0.39 is 143 Å². The van der Waals surface area contributed by atoms with Gasteiger partial charge in [0.25, 0.3) is 26.0 Å². The summed E-state index contributed by atoms with van der Waals surface area (Å²) >= 11 is 2.25. The molecular weight excluding hydrogens is 1630 g/mol. The van der Waals surface area contributed by atoms with E-state index in [2.05, 4.69) is 117 Å². The van der Waals surface area contributed by atoms with Gasteiger partial charge in [0.15, 0.2) is 0 Å². The van der Waals surface area contributed by atoms with Crippen molar-refractivity contribution in [3.05, 3.63) is 47.7 Å². The maximum absolute atomic E-state index is 14.5. The van der Waals surface area contributed by atoms with Crippen molar-refractivity contribution in [1.29, 1.82) is 0 Å². The summed E-state index contributed by atoms with van der Waals surface area (Å²) in [5, 5.41) is 29.3. The number of nitrogens with zero attached hydrogens (tertiary/aromatic N) is 5. The third kappa shape index (κ3) is 23.4. The van der Waals surface area contributed by atoms with Crippen molar-refractivity contribution in [2.75, 3.05) is 81.2 Å². The van der Waals surface area contributed by atoms with Gasteiger partial charge in [0, 0.05) is 89.9 Å². The molecule has 11 amide bonds. The fraction of sp³-hybridized carbons (Fsp3) is 0.756.